The number of anilines is 1. The first-order chi connectivity index (χ1) is 12.0. The number of nitrogens with zero attached hydrogens (tertiary/aromatic N) is 1. The van der Waals surface area contributed by atoms with E-state index in [-0.39, 0.29) is 23.8 Å². The number of hydrogen-bond donors (Lipinski definition) is 2. The molecule has 2 heterocycles. The van der Waals surface area contributed by atoms with E-state index in [0.717, 1.165) is 24.9 Å². The number of carbonyl (C=O) groups is 1. The fraction of sp³-hybridized carbons (Fsp3) is 0.381. The van der Waals surface area contributed by atoms with Crippen molar-refractivity contribution in [1.29, 1.82) is 0 Å². The van der Waals surface area contributed by atoms with Crippen LogP contribution >= 0.6 is 0 Å². The third kappa shape index (κ3) is 2.81. The van der Waals surface area contributed by atoms with Gasteiger partial charge in [0.05, 0.1) is 5.69 Å². The maximum atomic E-state index is 12.5. The first-order valence-electron chi connectivity index (χ1n) is 8.96. The van der Waals surface area contributed by atoms with E-state index >= 15 is 0 Å². The molecule has 0 aromatic heterocycles. The summed E-state index contributed by atoms with van der Waals surface area (Å²) in [5.74, 6) is 0.494. The Morgan fingerprint density at radius 2 is 2.00 bits per heavy atom. The fourth-order valence-corrected chi connectivity index (χ4v) is 4.49. The van der Waals surface area contributed by atoms with Crippen LogP contribution in [0.3, 0.4) is 0 Å². The Balaban J connectivity index is 1.73. The SMILES string of the molecule is Cc1ccccc1CN1C2CCC(C(=O)C2)C1c1ccc(O)c(N)c1. The van der Waals surface area contributed by atoms with Crippen molar-refractivity contribution in [3.05, 3.63) is 59.2 Å². The summed E-state index contributed by atoms with van der Waals surface area (Å²) in [7, 11) is 0. The molecule has 5 rings (SSSR count). The second-order valence-corrected chi connectivity index (χ2v) is 7.37. The molecule has 1 aliphatic carbocycles. The number of aryl methyl sites for hydroxylation is 1. The number of phenolic OH excluding ortho intramolecular Hbond substituents is 1. The van der Waals surface area contributed by atoms with Gasteiger partial charge in [-0.1, -0.05) is 30.3 Å². The van der Waals surface area contributed by atoms with Crippen LogP contribution in [-0.4, -0.2) is 21.8 Å². The van der Waals surface area contributed by atoms with E-state index in [9.17, 15) is 9.90 Å². The number of ketones is 1. The predicted octanol–water partition coefficient (Wildman–Crippen LogP) is 3.58. The molecule has 2 bridgehead atoms. The van der Waals surface area contributed by atoms with Gasteiger partial charge in [0.25, 0.3) is 0 Å². The molecule has 1 saturated carbocycles. The molecule has 0 radical (unpaired) electrons. The van der Waals surface area contributed by atoms with Crippen molar-refractivity contribution in [2.45, 2.75) is 44.8 Å². The molecule has 0 amide bonds. The van der Waals surface area contributed by atoms with Crippen molar-refractivity contribution < 1.29 is 9.90 Å². The fourth-order valence-electron chi connectivity index (χ4n) is 4.49. The van der Waals surface area contributed by atoms with E-state index in [1.165, 1.54) is 11.1 Å². The largest absolute Gasteiger partial charge is 0.506 e. The minimum atomic E-state index is 0.0259. The molecule has 3 atom stereocenters. The van der Waals surface area contributed by atoms with E-state index in [4.69, 9.17) is 5.73 Å². The molecule has 4 heteroatoms. The minimum Gasteiger partial charge on any atom is -0.506 e. The van der Waals surface area contributed by atoms with Gasteiger partial charge < -0.3 is 10.8 Å². The topological polar surface area (TPSA) is 66.6 Å². The summed E-state index contributed by atoms with van der Waals surface area (Å²) in [6.07, 6.45) is 2.67. The van der Waals surface area contributed by atoms with Gasteiger partial charge in [0, 0.05) is 31.0 Å². The van der Waals surface area contributed by atoms with Crippen LogP contribution in [0.2, 0.25) is 0 Å². The Bertz CT molecular complexity index is 817. The third-order valence-electron chi connectivity index (χ3n) is 5.88. The zero-order chi connectivity index (χ0) is 17.6. The average Bonchev–Trinajstić information content (AvgIpc) is 2.60. The maximum absolute atomic E-state index is 12.5. The smallest absolute Gasteiger partial charge is 0.139 e. The van der Waals surface area contributed by atoms with Crippen LogP contribution in [0.1, 0.15) is 42.0 Å². The number of aromatic hydroxyl groups is 1. The van der Waals surface area contributed by atoms with Crippen LogP contribution in [0.25, 0.3) is 0 Å². The lowest BCUT2D eigenvalue weighted by Crippen LogP contribution is -2.53. The van der Waals surface area contributed by atoms with Crippen LogP contribution in [0.4, 0.5) is 5.69 Å². The predicted molar refractivity (Wildman–Crippen MR) is 98.1 cm³/mol. The number of Topliss-reactive ketones (excluding diaryl/α,β-unsaturated/α-hetero) is 1. The number of rotatable bonds is 3. The van der Waals surface area contributed by atoms with E-state index in [1.807, 2.05) is 12.1 Å². The van der Waals surface area contributed by atoms with E-state index in [2.05, 4.69) is 36.1 Å². The normalized spacial score (nSPS) is 26.1. The van der Waals surface area contributed by atoms with Crippen molar-refractivity contribution in [2.75, 3.05) is 5.73 Å². The van der Waals surface area contributed by atoms with Gasteiger partial charge in [0.2, 0.25) is 0 Å². The van der Waals surface area contributed by atoms with Crippen molar-refractivity contribution in [3.63, 3.8) is 0 Å². The van der Waals surface area contributed by atoms with Crippen LogP contribution < -0.4 is 5.73 Å². The molecule has 25 heavy (non-hydrogen) atoms. The number of carbonyl (C=O) groups excluding carboxylic acids is 1. The minimum absolute atomic E-state index is 0.0259. The monoisotopic (exact) mass is 336 g/mol. The van der Waals surface area contributed by atoms with E-state index in [1.54, 1.807) is 6.07 Å². The van der Waals surface area contributed by atoms with Gasteiger partial charge in [0.1, 0.15) is 11.5 Å². The number of benzene rings is 2. The quantitative estimate of drug-likeness (QED) is 0.664. The summed E-state index contributed by atoms with van der Waals surface area (Å²) in [5, 5.41) is 9.76. The van der Waals surface area contributed by atoms with Gasteiger partial charge in [-0.25, -0.2) is 0 Å². The zero-order valence-corrected chi connectivity index (χ0v) is 14.5. The van der Waals surface area contributed by atoms with Gasteiger partial charge in [-0.3, -0.25) is 9.69 Å². The molecule has 3 aliphatic rings. The van der Waals surface area contributed by atoms with Crippen molar-refractivity contribution in [3.8, 4) is 5.75 Å². The Hall–Kier alpha value is -2.33. The number of nitrogens with two attached hydrogens (primary N) is 1. The first kappa shape index (κ1) is 16.2. The molecular weight excluding hydrogens is 312 g/mol. The summed E-state index contributed by atoms with van der Waals surface area (Å²) < 4.78 is 0. The zero-order valence-electron chi connectivity index (χ0n) is 14.5. The summed E-state index contributed by atoms with van der Waals surface area (Å²) >= 11 is 0. The first-order valence-corrected chi connectivity index (χ1v) is 8.96. The molecule has 0 spiro atoms. The van der Waals surface area contributed by atoms with Crippen LogP contribution in [-0.2, 0) is 11.3 Å². The molecular formula is C21H24N2O2. The molecule has 3 unspecified atom stereocenters. The van der Waals surface area contributed by atoms with Crippen LogP contribution in [0, 0.1) is 12.8 Å². The van der Waals surface area contributed by atoms with Crippen LogP contribution in [0.5, 0.6) is 5.75 Å². The molecule has 3 N–H and O–H groups in total. The highest BCUT2D eigenvalue weighted by atomic mass is 16.3. The molecule has 2 aromatic rings. The summed E-state index contributed by atoms with van der Waals surface area (Å²) in [5.41, 5.74) is 9.92. The van der Waals surface area contributed by atoms with Crippen molar-refractivity contribution in [1.82, 2.24) is 4.90 Å². The second-order valence-electron chi connectivity index (χ2n) is 7.37. The lowest BCUT2D eigenvalue weighted by molar-refractivity contribution is -0.138. The third-order valence-corrected chi connectivity index (χ3v) is 5.88. The Morgan fingerprint density at radius 1 is 1.20 bits per heavy atom. The highest BCUT2D eigenvalue weighted by Crippen LogP contribution is 2.47. The highest BCUT2D eigenvalue weighted by molar-refractivity contribution is 5.84. The van der Waals surface area contributed by atoms with E-state index in [0.29, 0.717) is 17.9 Å². The lowest BCUT2D eigenvalue weighted by Gasteiger charge is -2.51. The van der Waals surface area contributed by atoms with Gasteiger partial charge in [-0.05, 0) is 48.6 Å². The number of nitrogen functional groups attached to an aromatic ring is 1. The van der Waals surface area contributed by atoms with Gasteiger partial charge in [-0.2, -0.15) is 0 Å². The highest BCUT2D eigenvalue weighted by Gasteiger charge is 2.47. The lowest BCUT2D eigenvalue weighted by atomic mass is 9.71. The van der Waals surface area contributed by atoms with Crippen LogP contribution in [0.15, 0.2) is 42.5 Å². The molecule has 2 aliphatic heterocycles. The summed E-state index contributed by atoms with van der Waals surface area (Å²) in [4.78, 5) is 15.0. The van der Waals surface area contributed by atoms with Crippen molar-refractivity contribution in [2.24, 2.45) is 5.92 Å². The number of fused-ring (bicyclic) bond motifs is 3. The van der Waals surface area contributed by atoms with Gasteiger partial charge in [0.15, 0.2) is 0 Å². The Morgan fingerprint density at radius 3 is 2.72 bits per heavy atom. The van der Waals surface area contributed by atoms with Gasteiger partial charge >= 0.3 is 0 Å². The molecule has 2 aromatic carbocycles. The Labute approximate surface area is 148 Å². The number of hydrogen-bond acceptors (Lipinski definition) is 4. The van der Waals surface area contributed by atoms with E-state index < -0.39 is 0 Å². The van der Waals surface area contributed by atoms with Crippen molar-refractivity contribution >= 4 is 11.5 Å². The Kier molecular flexibility index (Phi) is 4.00. The maximum Gasteiger partial charge on any atom is 0.139 e. The molecule has 2 saturated heterocycles. The number of phenols is 1. The molecule has 130 valence electrons. The average molecular weight is 336 g/mol. The number of piperidine rings is 2. The van der Waals surface area contributed by atoms with Gasteiger partial charge in [-0.15, -0.1) is 0 Å². The molecule has 3 fully saturated rings. The molecule has 4 nitrogen and oxygen atoms in total. The summed E-state index contributed by atoms with van der Waals surface area (Å²) in [6.45, 7) is 2.98. The standard InChI is InChI=1S/C21H24N2O2/c1-13-4-2-3-5-15(13)12-23-16-7-8-17(20(25)11-16)21(23)14-6-9-19(24)18(22)10-14/h2-6,9-10,16-17,21,24H,7-8,11-12,22H2,1H3. The second kappa shape index (κ2) is 6.19. The summed E-state index contributed by atoms with van der Waals surface area (Å²) in [6, 6.07) is 14.2.